The van der Waals surface area contributed by atoms with Crippen molar-refractivity contribution >= 4 is 23.2 Å². The topological polar surface area (TPSA) is 78.2 Å². The van der Waals surface area contributed by atoms with Crippen LogP contribution in [-0.4, -0.2) is 26.6 Å². The maximum absolute atomic E-state index is 15.0. The molecule has 0 saturated heterocycles. The van der Waals surface area contributed by atoms with Crippen molar-refractivity contribution in [1.29, 1.82) is 0 Å². The Kier molecular flexibility index (Phi) is 7.71. The molecule has 0 aliphatic carbocycles. The van der Waals surface area contributed by atoms with E-state index in [-0.39, 0.29) is 28.0 Å². The van der Waals surface area contributed by atoms with Gasteiger partial charge in [0.15, 0.2) is 5.82 Å². The second-order valence-corrected chi connectivity index (χ2v) is 10.2. The Labute approximate surface area is 233 Å². The highest BCUT2D eigenvalue weighted by atomic mass is 35.5. The van der Waals surface area contributed by atoms with Crippen LogP contribution in [0.2, 0.25) is 5.02 Å². The Hall–Kier alpha value is -4.05. The van der Waals surface area contributed by atoms with Gasteiger partial charge < -0.3 is 19.2 Å². The van der Waals surface area contributed by atoms with Crippen LogP contribution < -0.4 is 15.6 Å². The number of carbonyl (C=O) groups excluding carboxylic acids is 1. The largest absolute Gasteiger partial charge is 0.434 e. The molecule has 4 aromatic rings. The van der Waals surface area contributed by atoms with Crippen LogP contribution in [0, 0.1) is 11.7 Å². The predicted molar refractivity (Wildman–Crippen MR) is 146 cm³/mol. The quantitative estimate of drug-likeness (QED) is 0.298. The number of nitrogens with one attached hydrogen (secondary N) is 1. The van der Waals surface area contributed by atoms with Crippen molar-refractivity contribution in [3.8, 4) is 28.1 Å². The first-order valence-corrected chi connectivity index (χ1v) is 13.1. The fraction of sp³-hybridized carbons (Fsp3) is 0.276. The minimum absolute atomic E-state index is 0.0468. The van der Waals surface area contributed by atoms with Crippen LogP contribution in [-0.2, 0) is 11.8 Å². The van der Waals surface area contributed by atoms with Crippen LogP contribution in [0.4, 0.5) is 18.9 Å². The van der Waals surface area contributed by atoms with E-state index in [9.17, 15) is 22.8 Å². The zero-order chi connectivity index (χ0) is 28.6. The summed E-state index contributed by atoms with van der Waals surface area (Å²) < 4.78 is 48.8. The Balaban J connectivity index is 1.60. The van der Waals surface area contributed by atoms with Gasteiger partial charge in [0.1, 0.15) is 5.75 Å². The highest BCUT2D eigenvalue weighted by Gasteiger charge is 2.24. The first-order valence-electron chi connectivity index (χ1n) is 12.7. The highest BCUT2D eigenvalue weighted by Crippen LogP contribution is 2.37. The number of fused-ring (bicyclic) bond motifs is 4. The summed E-state index contributed by atoms with van der Waals surface area (Å²) >= 11 is 5.91. The molecule has 0 spiro atoms. The molecule has 1 aromatic carbocycles. The van der Waals surface area contributed by atoms with Crippen LogP contribution in [0.1, 0.15) is 37.9 Å². The van der Waals surface area contributed by atoms with Gasteiger partial charge in [-0.3, -0.25) is 14.6 Å². The van der Waals surface area contributed by atoms with E-state index in [2.05, 4.69) is 15.0 Å². The second kappa shape index (κ2) is 11.2. The van der Waals surface area contributed by atoms with Crippen molar-refractivity contribution in [1.82, 2.24) is 14.1 Å². The molecule has 3 aromatic heterocycles. The van der Waals surface area contributed by atoms with Crippen LogP contribution in [0.5, 0.6) is 5.75 Å². The van der Waals surface area contributed by atoms with Gasteiger partial charge >= 0.3 is 6.61 Å². The molecular formula is C29H26ClF3N4O3. The lowest BCUT2D eigenvalue weighted by Gasteiger charge is -2.23. The Bertz CT molecular complexity index is 1640. The van der Waals surface area contributed by atoms with Crippen LogP contribution in [0.25, 0.3) is 22.4 Å². The summed E-state index contributed by atoms with van der Waals surface area (Å²) in [5.74, 6) is -1.76. The fourth-order valence-corrected chi connectivity index (χ4v) is 5.26. The molecule has 1 aliphatic rings. The molecule has 0 unspecified atom stereocenters. The molecule has 2 atom stereocenters. The van der Waals surface area contributed by atoms with Gasteiger partial charge in [-0.15, -0.1) is 0 Å². The summed E-state index contributed by atoms with van der Waals surface area (Å²) in [4.78, 5) is 30.9. The Morgan fingerprint density at radius 1 is 1.07 bits per heavy atom. The molecule has 0 fully saturated rings. The van der Waals surface area contributed by atoms with Crippen molar-refractivity contribution in [2.75, 3.05) is 5.32 Å². The second-order valence-electron chi connectivity index (χ2n) is 9.77. The molecule has 0 saturated carbocycles. The van der Waals surface area contributed by atoms with Gasteiger partial charge in [0.25, 0.3) is 5.56 Å². The summed E-state index contributed by atoms with van der Waals surface area (Å²) in [7, 11) is 1.88. The number of nitrogens with zero attached hydrogens (tertiary/aromatic N) is 3. The highest BCUT2D eigenvalue weighted by molar-refractivity contribution is 6.31. The lowest BCUT2D eigenvalue weighted by molar-refractivity contribution is -0.119. The van der Waals surface area contributed by atoms with E-state index >= 15 is 0 Å². The van der Waals surface area contributed by atoms with Gasteiger partial charge in [0, 0.05) is 43.2 Å². The minimum atomic E-state index is -3.19. The zero-order valence-corrected chi connectivity index (χ0v) is 22.5. The molecule has 0 radical (unpaired) electrons. The zero-order valence-electron chi connectivity index (χ0n) is 21.7. The van der Waals surface area contributed by atoms with Gasteiger partial charge in [0.2, 0.25) is 5.91 Å². The smallest absolute Gasteiger partial charge is 0.387 e. The number of hydrogen-bond acceptors (Lipinski definition) is 4. The SMILES string of the molecule is C[C@@H]1CCC[C@H](n2ccc(-c3c(OC(F)F)ccc(Cl)c3F)cc2=O)c2cc(ccn2)-c2c(ccn2C)NC1=O. The molecule has 7 nitrogen and oxygen atoms in total. The number of aryl methyl sites for hydroxylation is 1. The molecule has 1 amide bonds. The molecule has 5 rings (SSSR count). The molecule has 11 heteroatoms. The van der Waals surface area contributed by atoms with E-state index < -0.39 is 29.8 Å². The van der Waals surface area contributed by atoms with E-state index in [1.807, 2.05) is 42.9 Å². The number of carbonyl (C=O) groups is 1. The maximum Gasteiger partial charge on any atom is 0.387 e. The van der Waals surface area contributed by atoms with Gasteiger partial charge in [-0.05, 0) is 54.8 Å². The minimum Gasteiger partial charge on any atom is -0.434 e. The molecule has 2 bridgehead atoms. The number of alkyl halides is 2. The molecule has 1 aliphatic heterocycles. The monoisotopic (exact) mass is 570 g/mol. The number of aromatic nitrogens is 3. The summed E-state index contributed by atoms with van der Waals surface area (Å²) in [6, 6.07) is 9.93. The third kappa shape index (κ3) is 5.36. The van der Waals surface area contributed by atoms with Crippen molar-refractivity contribution < 1.29 is 22.7 Å². The lowest BCUT2D eigenvalue weighted by atomic mass is 9.96. The Morgan fingerprint density at radius 3 is 2.62 bits per heavy atom. The van der Waals surface area contributed by atoms with Gasteiger partial charge in [-0.1, -0.05) is 24.9 Å². The summed E-state index contributed by atoms with van der Waals surface area (Å²) in [6.07, 6.45) is 6.70. The number of benzene rings is 1. The lowest BCUT2D eigenvalue weighted by Crippen LogP contribution is -2.26. The van der Waals surface area contributed by atoms with Crippen LogP contribution in [0.3, 0.4) is 0 Å². The first kappa shape index (κ1) is 27.5. The van der Waals surface area contributed by atoms with Gasteiger partial charge in [-0.25, -0.2) is 4.39 Å². The fourth-order valence-electron chi connectivity index (χ4n) is 5.10. The summed E-state index contributed by atoms with van der Waals surface area (Å²) in [5, 5.41) is 2.73. The predicted octanol–water partition coefficient (Wildman–Crippen LogP) is 6.66. The number of ether oxygens (including phenoxy) is 1. The average Bonchev–Trinajstić information content (AvgIpc) is 3.28. The maximum atomic E-state index is 15.0. The van der Waals surface area contributed by atoms with Gasteiger partial charge in [-0.2, -0.15) is 8.78 Å². The Morgan fingerprint density at radius 2 is 1.88 bits per heavy atom. The number of anilines is 1. The van der Waals surface area contributed by atoms with Crippen molar-refractivity contribution in [3.63, 3.8) is 0 Å². The number of halogens is 4. The van der Waals surface area contributed by atoms with Crippen molar-refractivity contribution in [3.05, 3.63) is 87.9 Å². The standard InChI is InChI=1S/C29H26ClF3N4O3/c1-16-4-3-5-22(21-14-18(8-11-34-21)27-20(35-28(16)39)10-12-36(27)2)37-13-9-17(15-24(37)38)25-23(40-29(32)33)7-6-19(30)26(25)31/h6-16,22,29H,3-5H2,1-2H3,(H,35,39)/t16-,22+/m1/s1. The van der Waals surface area contributed by atoms with E-state index in [0.29, 0.717) is 30.6 Å². The van der Waals surface area contributed by atoms with E-state index in [0.717, 1.165) is 23.4 Å². The van der Waals surface area contributed by atoms with E-state index in [1.165, 1.54) is 22.9 Å². The molecular weight excluding hydrogens is 545 g/mol. The van der Waals surface area contributed by atoms with Crippen LogP contribution in [0.15, 0.2) is 65.8 Å². The molecule has 208 valence electrons. The number of pyridine rings is 2. The van der Waals surface area contributed by atoms with Crippen molar-refractivity contribution in [2.45, 2.75) is 38.8 Å². The van der Waals surface area contributed by atoms with Crippen LogP contribution >= 0.6 is 11.6 Å². The molecule has 1 N–H and O–H groups in total. The summed E-state index contributed by atoms with van der Waals surface area (Å²) in [5.41, 5.74) is 2.15. The number of amides is 1. The number of rotatable bonds is 4. The average molecular weight is 571 g/mol. The van der Waals surface area contributed by atoms with E-state index in [4.69, 9.17) is 11.6 Å². The van der Waals surface area contributed by atoms with Gasteiger partial charge in [0.05, 0.1) is 33.7 Å². The first-order chi connectivity index (χ1) is 19.1. The van der Waals surface area contributed by atoms with Crippen molar-refractivity contribution in [2.24, 2.45) is 13.0 Å². The number of hydrogen-bond donors (Lipinski definition) is 1. The normalized spacial score (nSPS) is 17.5. The third-order valence-corrected chi connectivity index (χ3v) is 7.43. The van der Waals surface area contributed by atoms with E-state index in [1.54, 1.807) is 6.20 Å². The third-order valence-electron chi connectivity index (χ3n) is 7.13. The molecule has 4 heterocycles. The molecule has 40 heavy (non-hydrogen) atoms. The summed E-state index contributed by atoms with van der Waals surface area (Å²) in [6.45, 7) is -1.33.